The van der Waals surface area contributed by atoms with Crippen molar-refractivity contribution in [1.29, 1.82) is 0 Å². The summed E-state index contributed by atoms with van der Waals surface area (Å²) in [5, 5.41) is 4.01. The van der Waals surface area contributed by atoms with Crippen LogP contribution in [0.1, 0.15) is 18.4 Å². The molecular formula is C12H18ClN3. The van der Waals surface area contributed by atoms with Crippen LogP contribution in [0, 0.1) is 0 Å². The van der Waals surface area contributed by atoms with Gasteiger partial charge in [-0.1, -0.05) is 11.6 Å². The lowest BCUT2D eigenvalue weighted by molar-refractivity contribution is 0.196. The van der Waals surface area contributed by atoms with Crippen LogP contribution in [0.5, 0.6) is 0 Å². The predicted molar refractivity (Wildman–Crippen MR) is 66.6 cm³/mol. The first kappa shape index (κ1) is 11.8. The molecule has 4 heteroatoms. The number of nitrogens with one attached hydrogen (secondary N) is 1. The van der Waals surface area contributed by atoms with Crippen LogP contribution in [0.15, 0.2) is 18.3 Å². The van der Waals surface area contributed by atoms with Gasteiger partial charge >= 0.3 is 0 Å². The number of likely N-dealkylation sites (N-methyl/N-ethyl adjacent to an activating group) is 1. The number of hydrogen-bond donors (Lipinski definition) is 1. The molecule has 1 aromatic heterocycles. The zero-order valence-corrected chi connectivity index (χ0v) is 10.4. The zero-order valence-electron chi connectivity index (χ0n) is 9.62. The van der Waals surface area contributed by atoms with Gasteiger partial charge in [0.25, 0.3) is 0 Å². The second kappa shape index (κ2) is 5.62. The molecule has 0 aliphatic carbocycles. The normalized spacial score (nSPS) is 21.3. The van der Waals surface area contributed by atoms with Gasteiger partial charge < -0.3 is 5.32 Å². The fourth-order valence-electron chi connectivity index (χ4n) is 2.17. The van der Waals surface area contributed by atoms with Crippen molar-refractivity contribution in [2.45, 2.75) is 25.4 Å². The zero-order chi connectivity index (χ0) is 11.4. The lowest BCUT2D eigenvalue weighted by Gasteiger charge is -2.31. The maximum absolute atomic E-state index is 5.87. The molecule has 1 aliphatic heterocycles. The van der Waals surface area contributed by atoms with Crippen LogP contribution in [-0.2, 0) is 6.54 Å². The number of aromatic nitrogens is 1. The molecular weight excluding hydrogens is 222 g/mol. The monoisotopic (exact) mass is 239 g/mol. The van der Waals surface area contributed by atoms with Crippen molar-refractivity contribution in [1.82, 2.24) is 15.2 Å². The van der Waals surface area contributed by atoms with Crippen LogP contribution >= 0.6 is 11.6 Å². The third-order valence-corrected chi connectivity index (χ3v) is 3.32. The number of nitrogens with zero attached hydrogens (tertiary/aromatic N) is 2. The Balaban J connectivity index is 1.93. The lowest BCUT2D eigenvalue weighted by atomic mass is 10.1. The Morgan fingerprint density at radius 2 is 2.50 bits per heavy atom. The molecule has 88 valence electrons. The number of piperidine rings is 1. The van der Waals surface area contributed by atoms with E-state index in [1.807, 2.05) is 12.1 Å². The topological polar surface area (TPSA) is 28.2 Å². The Labute approximate surface area is 102 Å². The van der Waals surface area contributed by atoms with E-state index in [4.69, 9.17) is 11.6 Å². The average Bonchev–Trinajstić information content (AvgIpc) is 2.30. The molecule has 1 aromatic rings. The number of rotatable bonds is 3. The molecule has 1 N–H and O–H groups in total. The predicted octanol–water partition coefficient (Wildman–Crippen LogP) is 1.92. The molecule has 1 atom stereocenters. The minimum atomic E-state index is 0.577. The Morgan fingerprint density at radius 1 is 1.62 bits per heavy atom. The van der Waals surface area contributed by atoms with Crippen molar-refractivity contribution in [2.24, 2.45) is 0 Å². The average molecular weight is 240 g/mol. The van der Waals surface area contributed by atoms with E-state index in [1.54, 1.807) is 6.20 Å². The standard InChI is InChI=1S/C12H18ClN3/c1-16(11-3-2-5-14-8-11)9-10-4-6-15-12(13)7-10/h4,6-7,11,14H,2-3,5,8-9H2,1H3. The van der Waals surface area contributed by atoms with E-state index in [9.17, 15) is 0 Å². The lowest BCUT2D eigenvalue weighted by Crippen LogP contribution is -2.43. The molecule has 1 fully saturated rings. The van der Waals surface area contributed by atoms with E-state index in [0.717, 1.165) is 19.6 Å². The molecule has 0 radical (unpaired) electrons. The molecule has 1 aliphatic rings. The molecule has 2 heterocycles. The van der Waals surface area contributed by atoms with Crippen molar-refractivity contribution < 1.29 is 0 Å². The summed E-state index contributed by atoms with van der Waals surface area (Å²) >= 11 is 5.87. The van der Waals surface area contributed by atoms with Gasteiger partial charge in [0.1, 0.15) is 5.15 Å². The van der Waals surface area contributed by atoms with Crippen molar-refractivity contribution >= 4 is 11.6 Å². The summed E-state index contributed by atoms with van der Waals surface area (Å²) in [5.74, 6) is 0. The number of halogens is 1. The maximum Gasteiger partial charge on any atom is 0.129 e. The molecule has 16 heavy (non-hydrogen) atoms. The highest BCUT2D eigenvalue weighted by Crippen LogP contribution is 2.14. The van der Waals surface area contributed by atoms with Gasteiger partial charge in [0.05, 0.1) is 0 Å². The van der Waals surface area contributed by atoms with E-state index < -0.39 is 0 Å². The van der Waals surface area contributed by atoms with Gasteiger partial charge in [0, 0.05) is 25.3 Å². The highest BCUT2D eigenvalue weighted by molar-refractivity contribution is 6.29. The van der Waals surface area contributed by atoms with E-state index in [-0.39, 0.29) is 0 Å². The fraction of sp³-hybridized carbons (Fsp3) is 0.583. The molecule has 1 saturated heterocycles. The van der Waals surface area contributed by atoms with Gasteiger partial charge in [0.15, 0.2) is 0 Å². The van der Waals surface area contributed by atoms with Crippen molar-refractivity contribution in [3.63, 3.8) is 0 Å². The van der Waals surface area contributed by atoms with Crippen LogP contribution in [0.2, 0.25) is 5.15 Å². The molecule has 1 unspecified atom stereocenters. The first-order valence-electron chi connectivity index (χ1n) is 5.77. The van der Waals surface area contributed by atoms with Crippen molar-refractivity contribution in [3.8, 4) is 0 Å². The first-order valence-corrected chi connectivity index (χ1v) is 6.15. The summed E-state index contributed by atoms with van der Waals surface area (Å²) < 4.78 is 0. The third-order valence-electron chi connectivity index (χ3n) is 3.12. The summed E-state index contributed by atoms with van der Waals surface area (Å²) in [6, 6.07) is 4.60. The van der Waals surface area contributed by atoms with Crippen molar-refractivity contribution in [2.75, 3.05) is 20.1 Å². The smallest absolute Gasteiger partial charge is 0.129 e. The molecule has 0 bridgehead atoms. The van der Waals surface area contributed by atoms with E-state index in [0.29, 0.717) is 11.2 Å². The fourth-order valence-corrected chi connectivity index (χ4v) is 2.36. The number of pyridine rings is 1. The van der Waals surface area contributed by atoms with Crippen LogP contribution < -0.4 is 5.32 Å². The summed E-state index contributed by atoms with van der Waals surface area (Å²) in [6.45, 7) is 3.19. The van der Waals surface area contributed by atoms with Gasteiger partial charge in [-0.2, -0.15) is 0 Å². The van der Waals surface area contributed by atoms with E-state index in [2.05, 4.69) is 22.2 Å². The van der Waals surface area contributed by atoms with Gasteiger partial charge in [-0.3, -0.25) is 4.90 Å². The molecule has 3 nitrogen and oxygen atoms in total. The van der Waals surface area contributed by atoms with E-state index >= 15 is 0 Å². The maximum atomic E-state index is 5.87. The molecule has 0 amide bonds. The quantitative estimate of drug-likeness (QED) is 0.817. The first-order chi connectivity index (χ1) is 7.75. The Morgan fingerprint density at radius 3 is 3.19 bits per heavy atom. The van der Waals surface area contributed by atoms with Gasteiger partial charge in [-0.05, 0) is 44.1 Å². The highest BCUT2D eigenvalue weighted by atomic mass is 35.5. The minimum Gasteiger partial charge on any atom is -0.315 e. The molecule has 2 rings (SSSR count). The number of hydrogen-bond acceptors (Lipinski definition) is 3. The summed E-state index contributed by atoms with van der Waals surface area (Å²) in [4.78, 5) is 6.38. The minimum absolute atomic E-state index is 0.577. The van der Waals surface area contributed by atoms with E-state index in [1.165, 1.54) is 18.4 Å². The van der Waals surface area contributed by atoms with Gasteiger partial charge in [0.2, 0.25) is 0 Å². The second-order valence-corrected chi connectivity index (χ2v) is 4.79. The Bertz CT molecular complexity index is 337. The third kappa shape index (κ3) is 3.17. The summed E-state index contributed by atoms with van der Waals surface area (Å²) in [7, 11) is 2.17. The van der Waals surface area contributed by atoms with Crippen LogP contribution in [-0.4, -0.2) is 36.1 Å². The largest absolute Gasteiger partial charge is 0.315 e. The second-order valence-electron chi connectivity index (χ2n) is 4.40. The van der Waals surface area contributed by atoms with Crippen LogP contribution in [0.25, 0.3) is 0 Å². The van der Waals surface area contributed by atoms with Crippen LogP contribution in [0.3, 0.4) is 0 Å². The Kier molecular flexibility index (Phi) is 4.16. The highest BCUT2D eigenvalue weighted by Gasteiger charge is 2.17. The SMILES string of the molecule is CN(Cc1ccnc(Cl)c1)C1CCCNC1. The summed E-state index contributed by atoms with van der Waals surface area (Å²) in [6.07, 6.45) is 4.32. The van der Waals surface area contributed by atoms with Gasteiger partial charge in [-0.25, -0.2) is 4.98 Å². The van der Waals surface area contributed by atoms with Gasteiger partial charge in [-0.15, -0.1) is 0 Å². The van der Waals surface area contributed by atoms with Crippen LogP contribution in [0.4, 0.5) is 0 Å². The molecule has 0 aromatic carbocycles. The molecule has 0 spiro atoms. The Hall–Kier alpha value is -0.640. The van der Waals surface area contributed by atoms with Crippen molar-refractivity contribution in [3.05, 3.63) is 29.0 Å². The molecule has 0 saturated carbocycles. The summed E-state index contributed by atoms with van der Waals surface area (Å²) in [5.41, 5.74) is 1.23.